The number of benzene rings is 2. The van der Waals surface area contributed by atoms with E-state index in [1.165, 1.54) is 17.7 Å². The fourth-order valence-corrected chi connectivity index (χ4v) is 2.13. The average molecular weight is 292 g/mol. The molecular weight excluding hydrogens is 279 g/mol. The first-order valence-corrected chi connectivity index (χ1v) is 6.37. The fourth-order valence-electron chi connectivity index (χ4n) is 1.69. The molecule has 2 aromatic carbocycles. The van der Waals surface area contributed by atoms with Crippen molar-refractivity contribution < 1.29 is 4.39 Å². The van der Waals surface area contributed by atoms with Gasteiger partial charge in [-0.15, -0.1) is 0 Å². The van der Waals surface area contributed by atoms with Crippen molar-refractivity contribution in [1.29, 1.82) is 0 Å². The van der Waals surface area contributed by atoms with Crippen molar-refractivity contribution in [2.24, 2.45) is 0 Å². The SMILES string of the molecule is Fc1ccc(CC[CH]c2ccccc2Br)cc1. The molecule has 0 nitrogen and oxygen atoms in total. The van der Waals surface area contributed by atoms with Crippen molar-refractivity contribution in [2.75, 3.05) is 0 Å². The van der Waals surface area contributed by atoms with Crippen LogP contribution in [0.1, 0.15) is 17.5 Å². The Morgan fingerprint density at radius 2 is 1.71 bits per heavy atom. The molecule has 0 amide bonds. The molecule has 17 heavy (non-hydrogen) atoms. The van der Waals surface area contributed by atoms with Crippen LogP contribution in [-0.4, -0.2) is 0 Å². The molecule has 0 saturated heterocycles. The largest absolute Gasteiger partial charge is 0.207 e. The number of hydrogen-bond donors (Lipinski definition) is 0. The molecule has 0 bridgehead atoms. The molecule has 2 heteroatoms. The highest BCUT2D eigenvalue weighted by Gasteiger charge is 1.99. The summed E-state index contributed by atoms with van der Waals surface area (Å²) in [5.41, 5.74) is 2.37. The van der Waals surface area contributed by atoms with Gasteiger partial charge in [0.2, 0.25) is 0 Å². The average Bonchev–Trinajstić information content (AvgIpc) is 2.34. The standard InChI is InChI=1S/C15H13BrF/c16-15-7-2-1-5-13(15)6-3-4-12-8-10-14(17)11-9-12/h1-2,5-11H,3-4H2. The van der Waals surface area contributed by atoms with Crippen LogP contribution in [0.2, 0.25) is 0 Å². The number of aryl methyl sites for hydroxylation is 1. The van der Waals surface area contributed by atoms with Crippen molar-refractivity contribution in [2.45, 2.75) is 12.8 Å². The highest BCUT2D eigenvalue weighted by atomic mass is 79.9. The zero-order valence-electron chi connectivity index (χ0n) is 9.37. The van der Waals surface area contributed by atoms with E-state index in [4.69, 9.17) is 0 Å². The molecule has 0 fully saturated rings. The fraction of sp³-hybridized carbons (Fsp3) is 0.133. The van der Waals surface area contributed by atoms with Crippen LogP contribution in [-0.2, 0) is 6.42 Å². The second kappa shape index (κ2) is 5.97. The van der Waals surface area contributed by atoms with Crippen LogP contribution < -0.4 is 0 Å². The van der Waals surface area contributed by atoms with Gasteiger partial charge in [0.05, 0.1) is 0 Å². The molecule has 87 valence electrons. The van der Waals surface area contributed by atoms with Crippen LogP contribution in [0.5, 0.6) is 0 Å². The quantitative estimate of drug-likeness (QED) is 0.761. The predicted molar refractivity (Wildman–Crippen MR) is 72.3 cm³/mol. The molecule has 0 aliphatic rings. The van der Waals surface area contributed by atoms with E-state index < -0.39 is 0 Å². The maximum atomic E-state index is 12.7. The molecule has 0 saturated carbocycles. The molecule has 0 aliphatic carbocycles. The van der Waals surface area contributed by atoms with E-state index in [1.54, 1.807) is 0 Å². The highest BCUT2D eigenvalue weighted by molar-refractivity contribution is 9.10. The Morgan fingerprint density at radius 1 is 1.00 bits per heavy atom. The molecule has 0 spiro atoms. The number of rotatable bonds is 4. The Bertz CT molecular complexity index is 477. The van der Waals surface area contributed by atoms with Gasteiger partial charge in [0, 0.05) is 4.47 Å². The zero-order valence-corrected chi connectivity index (χ0v) is 11.0. The van der Waals surface area contributed by atoms with Crippen LogP contribution in [0, 0.1) is 12.2 Å². The molecule has 0 heterocycles. The molecule has 0 unspecified atom stereocenters. The van der Waals surface area contributed by atoms with Crippen LogP contribution in [0.25, 0.3) is 0 Å². The number of hydrogen-bond acceptors (Lipinski definition) is 0. The summed E-state index contributed by atoms with van der Waals surface area (Å²) in [5, 5.41) is 0. The minimum absolute atomic E-state index is 0.177. The number of halogens is 2. The topological polar surface area (TPSA) is 0 Å². The van der Waals surface area contributed by atoms with E-state index in [-0.39, 0.29) is 5.82 Å². The van der Waals surface area contributed by atoms with Crippen LogP contribution in [0.3, 0.4) is 0 Å². The molecule has 1 radical (unpaired) electrons. The van der Waals surface area contributed by atoms with Crippen molar-refractivity contribution >= 4 is 15.9 Å². The highest BCUT2D eigenvalue weighted by Crippen LogP contribution is 2.19. The van der Waals surface area contributed by atoms with Crippen molar-refractivity contribution in [3.05, 3.63) is 76.4 Å². The monoisotopic (exact) mass is 291 g/mol. The summed E-state index contributed by atoms with van der Waals surface area (Å²) in [6.07, 6.45) is 4.07. The van der Waals surface area contributed by atoms with Gasteiger partial charge in [-0.1, -0.05) is 46.3 Å². The minimum atomic E-state index is -0.177. The van der Waals surface area contributed by atoms with E-state index in [0.717, 1.165) is 22.9 Å². The predicted octanol–water partition coefficient (Wildman–Crippen LogP) is 4.77. The Hall–Kier alpha value is -1.15. The second-order valence-electron chi connectivity index (χ2n) is 3.89. The van der Waals surface area contributed by atoms with E-state index in [1.807, 2.05) is 30.3 Å². The van der Waals surface area contributed by atoms with Gasteiger partial charge in [-0.2, -0.15) is 0 Å². The van der Waals surface area contributed by atoms with E-state index >= 15 is 0 Å². The third kappa shape index (κ3) is 3.67. The summed E-state index contributed by atoms with van der Waals surface area (Å²) >= 11 is 3.51. The van der Waals surface area contributed by atoms with Gasteiger partial charge in [0.15, 0.2) is 0 Å². The third-order valence-corrected chi connectivity index (χ3v) is 3.34. The zero-order chi connectivity index (χ0) is 12.1. The Morgan fingerprint density at radius 3 is 2.41 bits per heavy atom. The Balaban J connectivity index is 1.88. The summed E-state index contributed by atoms with van der Waals surface area (Å²) in [4.78, 5) is 0. The minimum Gasteiger partial charge on any atom is -0.207 e. The first kappa shape index (κ1) is 12.3. The molecule has 0 aromatic heterocycles. The first-order valence-electron chi connectivity index (χ1n) is 5.58. The molecular formula is C15H13BrF. The lowest BCUT2D eigenvalue weighted by Gasteiger charge is -2.04. The summed E-state index contributed by atoms with van der Waals surface area (Å²) in [5.74, 6) is -0.177. The summed E-state index contributed by atoms with van der Waals surface area (Å²) in [6.45, 7) is 0. The lowest BCUT2D eigenvalue weighted by molar-refractivity contribution is 0.627. The molecule has 0 N–H and O–H groups in total. The first-order chi connectivity index (χ1) is 8.25. The maximum absolute atomic E-state index is 12.7. The molecule has 0 atom stereocenters. The van der Waals surface area contributed by atoms with Gasteiger partial charge in [-0.3, -0.25) is 0 Å². The summed E-state index contributed by atoms with van der Waals surface area (Å²) in [6, 6.07) is 14.8. The van der Waals surface area contributed by atoms with Crippen LogP contribution >= 0.6 is 15.9 Å². The van der Waals surface area contributed by atoms with Gasteiger partial charge in [-0.25, -0.2) is 4.39 Å². The normalized spacial score (nSPS) is 10.5. The van der Waals surface area contributed by atoms with E-state index in [2.05, 4.69) is 28.4 Å². The lowest BCUT2D eigenvalue weighted by Crippen LogP contribution is -1.89. The Labute approximate surface area is 110 Å². The van der Waals surface area contributed by atoms with Crippen LogP contribution in [0.4, 0.5) is 4.39 Å². The van der Waals surface area contributed by atoms with Crippen molar-refractivity contribution in [3.8, 4) is 0 Å². The molecule has 2 aromatic rings. The van der Waals surface area contributed by atoms with Crippen molar-refractivity contribution in [3.63, 3.8) is 0 Å². The van der Waals surface area contributed by atoms with Gasteiger partial charge < -0.3 is 0 Å². The molecule has 2 rings (SSSR count). The Kier molecular flexibility index (Phi) is 4.32. The second-order valence-corrected chi connectivity index (χ2v) is 4.75. The van der Waals surface area contributed by atoms with Gasteiger partial charge >= 0.3 is 0 Å². The van der Waals surface area contributed by atoms with Crippen LogP contribution in [0.15, 0.2) is 53.0 Å². The lowest BCUT2D eigenvalue weighted by atomic mass is 10.0. The van der Waals surface area contributed by atoms with E-state index in [9.17, 15) is 4.39 Å². The molecule has 0 aliphatic heterocycles. The van der Waals surface area contributed by atoms with Gasteiger partial charge in [-0.05, 0) is 48.6 Å². The smallest absolute Gasteiger partial charge is 0.123 e. The summed E-state index contributed by atoms with van der Waals surface area (Å²) < 4.78 is 13.8. The van der Waals surface area contributed by atoms with Crippen molar-refractivity contribution in [1.82, 2.24) is 0 Å². The van der Waals surface area contributed by atoms with E-state index in [0.29, 0.717) is 0 Å². The maximum Gasteiger partial charge on any atom is 0.123 e. The summed E-state index contributed by atoms with van der Waals surface area (Å²) in [7, 11) is 0. The third-order valence-electron chi connectivity index (χ3n) is 2.62. The van der Waals surface area contributed by atoms with Gasteiger partial charge in [0.25, 0.3) is 0 Å². The van der Waals surface area contributed by atoms with Gasteiger partial charge in [0.1, 0.15) is 5.82 Å².